The van der Waals surface area contributed by atoms with Gasteiger partial charge in [0.2, 0.25) is 0 Å². The lowest BCUT2D eigenvalue weighted by molar-refractivity contribution is 0.0247. The lowest BCUT2D eigenvalue weighted by Gasteiger charge is -2.39. The lowest BCUT2D eigenvalue weighted by Crippen LogP contribution is -2.37. The van der Waals surface area contributed by atoms with Gasteiger partial charge < -0.3 is 5.11 Å². The van der Waals surface area contributed by atoms with Gasteiger partial charge in [0.25, 0.3) is 0 Å². The van der Waals surface area contributed by atoms with Gasteiger partial charge in [-0.25, -0.2) is 0 Å². The minimum Gasteiger partial charge on any atom is -0.385 e. The number of aliphatic hydroxyl groups is 1. The molecule has 1 fully saturated rings. The first-order chi connectivity index (χ1) is 6.63. The Labute approximate surface area is 85.1 Å². The molecule has 0 unspecified atom stereocenters. The number of hydrogen-bond acceptors (Lipinski definition) is 1. The molecule has 2 rings (SSSR count). The van der Waals surface area contributed by atoms with Crippen molar-refractivity contribution < 1.29 is 5.11 Å². The van der Waals surface area contributed by atoms with Crippen LogP contribution in [0.5, 0.6) is 0 Å². The second kappa shape index (κ2) is 3.25. The van der Waals surface area contributed by atoms with E-state index in [4.69, 9.17) is 0 Å². The fourth-order valence-corrected chi connectivity index (χ4v) is 1.98. The van der Waals surface area contributed by atoms with Gasteiger partial charge in [0.05, 0.1) is 5.60 Å². The van der Waals surface area contributed by atoms with Crippen LogP contribution >= 0.6 is 0 Å². The number of benzene rings is 1. The first kappa shape index (κ1) is 9.47. The van der Waals surface area contributed by atoms with Crippen molar-refractivity contribution in [3.05, 3.63) is 42.0 Å². The summed E-state index contributed by atoms with van der Waals surface area (Å²) in [7, 11) is 0. The standard InChI is InChI=1S/C13H16O/c1-10-6-3-4-7-12(10)11(2)13(14)8-5-9-13/h3-4,6-7,14H,2,5,8-9H2,1H3. The fourth-order valence-electron chi connectivity index (χ4n) is 1.98. The monoisotopic (exact) mass is 188 g/mol. The highest BCUT2D eigenvalue weighted by molar-refractivity contribution is 5.73. The van der Waals surface area contributed by atoms with E-state index in [0.717, 1.165) is 30.4 Å². The molecule has 1 nitrogen and oxygen atoms in total. The zero-order valence-electron chi connectivity index (χ0n) is 8.59. The van der Waals surface area contributed by atoms with E-state index in [1.54, 1.807) is 0 Å². The molecule has 0 amide bonds. The third-order valence-electron chi connectivity index (χ3n) is 3.21. The molecule has 0 aromatic heterocycles. The summed E-state index contributed by atoms with van der Waals surface area (Å²) in [6.07, 6.45) is 2.84. The van der Waals surface area contributed by atoms with E-state index in [2.05, 4.69) is 19.6 Å². The largest absolute Gasteiger partial charge is 0.385 e. The second-order valence-corrected chi connectivity index (χ2v) is 4.18. The van der Waals surface area contributed by atoms with Crippen LogP contribution < -0.4 is 0 Å². The topological polar surface area (TPSA) is 20.2 Å². The van der Waals surface area contributed by atoms with E-state index >= 15 is 0 Å². The van der Waals surface area contributed by atoms with Crippen LogP contribution in [0.2, 0.25) is 0 Å². The van der Waals surface area contributed by atoms with Crippen LogP contribution in [-0.2, 0) is 0 Å². The van der Waals surface area contributed by atoms with E-state index in [1.807, 2.05) is 18.2 Å². The molecule has 1 aromatic carbocycles. The van der Waals surface area contributed by atoms with Gasteiger partial charge in [-0.2, -0.15) is 0 Å². The molecule has 1 aliphatic carbocycles. The molecule has 1 heteroatoms. The average molecular weight is 188 g/mol. The summed E-state index contributed by atoms with van der Waals surface area (Å²) in [5.41, 5.74) is 2.57. The molecule has 0 heterocycles. The predicted octanol–water partition coefficient (Wildman–Crippen LogP) is 2.92. The van der Waals surface area contributed by atoms with Crippen molar-refractivity contribution in [2.75, 3.05) is 0 Å². The highest BCUT2D eigenvalue weighted by Gasteiger charge is 2.37. The van der Waals surface area contributed by atoms with Crippen molar-refractivity contribution in [2.24, 2.45) is 0 Å². The van der Waals surface area contributed by atoms with Crippen molar-refractivity contribution >= 4 is 5.57 Å². The van der Waals surface area contributed by atoms with Crippen LogP contribution in [0.3, 0.4) is 0 Å². The summed E-state index contributed by atoms with van der Waals surface area (Å²) in [6.45, 7) is 6.09. The molecule has 0 saturated heterocycles. The van der Waals surface area contributed by atoms with Crippen LogP contribution in [0.25, 0.3) is 5.57 Å². The Balaban J connectivity index is 2.32. The van der Waals surface area contributed by atoms with Gasteiger partial charge in [0.1, 0.15) is 0 Å². The zero-order valence-corrected chi connectivity index (χ0v) is 8.59. The highest BCUT2D eigenvalue weighted by atomic mass is 16.3. The van der Waals surface area contributed by atoms with E-state index in [0.29, 0.717) is 0 Å². The Morgan fingerprint density at radius 1 is 1.36 bits per heavy atom. The first-order valence-electron chi connectivity index (χ1n) is 5.11. The fraction of sp³-hybridized carbons (Fsp3) is 0.385. The van der Waals surface area contributed by atoms with Crippen molar-refractivity contribution in [3.63, 3.8) is 0 Å². The maximum Gasteiger partial charge on any atom is 0.0896 e. The van der Waals surface area contributed by atoms with Gasteiger partial charge in [-0.05, 0) is 42.9 Å². The molecular weight excluding hydrogens is 172 g/mol. The summed E-state index contributed by atoms with van der Waals surface area (Å²) >= 11 is 0. The SMILES string of the molecule is C=C(c1ccccc1C)C1(O)CCC1. The van der Waals surface area contributed by atoms with Gasteiger partial charge in [-0.3, -0.25) is 0 Å². The third-order valence-corrected chi connectivity index (χ3v) is 3.21. The predicted molar refractivity (Wildman–Crippen MR) is 59.0 cm³/mol. The van der Waals surface area contributed by atoms with E-state index in [-0.39, 0.29) is 0 Å². The Bertz CT molecular complexity index is 361. The van der Waals surface area contributed by atoms with Gasteiger partial charge >= 0.3 is 0 Å². The van der Waals surface area contributed by atoms with E-state index in [9.17, 15) is 5.11 Å². The van der Waals surface area contributed by atoms with E-state index in [1.165, 1.54) is 5.56 Å². The molecule has 1 aromatic rings. The minimum atomic E-state index is -0.619. The van der Waals surface area contributed by atoms with Gasteiger partial charge in [-0.15, -0.1) is 0 Å². The van der Waals surface area contributed by atoms with Crippen LogP contribution in [0.15, 0.2) is 30.8 Å². The average Bonchev–Trinajstić information content (AvgIpc) is 2.14. The molecule has 0 aliphatic heterocycles. The molecule has 0 atom stereocenters. The summed E-state index contributed by atoms with van der Waals surface area (Å²) in [5, 5.41) is 10.2. The van der Waals surface area contributed by atoms with Crippen molar-refractivity contribution in [2.45, 2.75) is 31.8 Å². The zero-order chi connectivity index (χ0) is 10.2. The second-order valence-electron chi connectivity index (χ2n) is 4.18. The van der Waals surface area contributed by atoms with Crippen LogP contribution in [0, 0.1) is 6.92 Å². The molecule has 0 radical (unpaired) electrons. The van der Waals surface area contributed by atoms with E-state index < -0.39 is 5.60 Å². The van der Waals surface area contributed by atoms with Crippen molar-refractivity contribution in [3.8, 4) is 0 Å². The van der Waals surface area contributed by atoms with Crippen molar-refractivity contribution in [1.82, 2.24) is 0 Å². The van der Waals surface area contributed by atoms with Crippen LogP contribution in [0.4, 0.5) is 0 Å². The third kappa shape index (κ3) is 1.38. The number of aryl methyl sites for hydroxylation is 1. The maximum absolute atomic E-state index is 10.2. The summed E-state index contributed by atoms with van der Waals surface area (Å²) in [6, 6.07) is 8.10. The summed E-state index contributed by atoms with van der Waals surface area (Å²) in [4.78, 5) is 0. The van der Waals surface area contributed by atoms with Crippen LogP contribution in [-0.4, -0.2) is 10.7 Å². The molecule has 0 spiro atoms. The molecule has 1 saturated carbocycles. The number of hydrogen-bond donors (Lipinski definition) is 1. The smallest absolute Gasteiger partial charge is 0.0896 e. The van der Waals surface area contributed by atoms with Gasteiger partial charge in [0.15, 0.2) is 0 Å². The molecule has 14 heavy (non-hydrogen) atoms. The van der Waals surface area contributed by atoms with Crippen molar-refractivity contribution in [1.29, 1.82) is 0 Å². The normalized spacial score (nSPS) is 18.7. The van der Waals surface area contributed by atoms with Gasteiger partial charge in [0, 0.05) is 0 Å². The first-order valence-corrected chi connectivity index (χ1v) is 5.11. The Morgan fingerprint density at radius 3 is 2.50 bits per heavy atom. The maximum atomic E-state index is 10.2. The molecule has 0 bridgehead atoms. The Hall–Kier alpha value is -1.08. The molecule has 74 valence electrons. The molecule has 1 N–H and O–H groups in total. The van der Waals surface area contributed by atoms with Gasteiger partial charge in [-0.1, -0.05) is 30.8 Å². The summed E-state index contributed by atoms with van der Waals surface area (Å²) < 4.78 is 0. The Morgan fingerprint density at radius 2 is 2.00 bits per heavy atom. The molecule has 1 aliphatic rings. The lowest BCUT2D eigenvalue weighted by atomic mass is 9.72. The minimum absolute atomic E-state index is 0.619. The number of rotatable bonds is 2. The molecular formula is C13H16O. The summed E-state index contributed by atoms with van der Waals surface area (Å²) in [5.74, 6) is 0. The quantitative estimate of drug-likeness (QED) is 0.756. The highest BCUT2D eigenvalue weighted by Crippen LogP contribution is 2.42. The Kier molecular flexibility index (Phi) is 2.20. The van der Waals surface area contributed by atoms with Crippen LogP contribution in [0.1, 0.15) is 30.4 Å².